The molecule has 178 valence electrons. The van der Waals surface area contributed by atoms with E-state index >= 15 is 0 Å². The van der Waals surface area contributed by atoms with E-state index in [0.29, 0.717) is 0 Å². The Kier molecular flexibility index (Phi) is 15.6. The Morgan fingerprint density at radius 3 is 0.457 bits per heavy atom. The minimum atomic E-state index is -1.73. The van der Waals surface area contributed by atoms with Crippen LogP contribution in [0.25, 0.3) is 0 Å². The molecular formula is B12O21Pm2-6. The zero-order valence-electron chi connectivity index (χ0n) is 16.4. The molecule has 0 amide bonds. The fraction of sp³-hybridized carbons (Fsp3) is 0. The van der Waals surface area contributed by atoms with E-state index in [1.807, 2.05) is 0 Å². The van der Waals surface area contributed by atoms with Crippen molar-refractivity contribution in [1.82, 2.24) is 0 Å². The molecular weight excluding hydrogens is 756 g/mol. The molecule has 0 aromatic carbocycles. The number of fused-ring (bicyclic) bond motifs is 6. The maximum absolute atomic E-state index is 10.5. The van der Waals surface area contributed by atoms with Gasteiger partial charge in [0.2, 0.25) is 0 Å². The Labute approximate surface area is 264 Å². The van der Waals surface area contributed by atoms with Crippen molar-refractivity contribution in [3.8, 4) is 0 Å². The molecule has 6 fully saturated rings. The molecule has 6 aliphatic rings. The van der Waals surface area contributed by atoms with E-state index in [4.69, 9.17) is 0 Å². The van der Waals surface area contributed by atoms with Crippen LogP contribution in [0, 0.1) is 80.8 Å². The minimum Gasteiger partial charge on any atom is -0.833 e. The van der Waals surface area contributed by atoms with Crippen LogP contribution in [0.1, 0.15) is 0 Å². The Balaban J connectivity index is 0.000000180. The summed E-state index contributed by atoms with van der Waals surface area (Å²) < 4.78 is 65.6. The topological polar surface area (TPSA) is 277 Å². The van der Waals surface area contributed by atoms with Crippen molar-refractivity contribution in [1.29, 1.82) is 0 Å². The second-order valence-corrected chi connectivity index (χ2v) is 5.51. The first-order chi connectivity index (χ1) is 15.7. The van der Waals surface area contributed by atoms with Gasteiger partial charge in [0, 0.05) is 80.8 Å². The van der Waals surface area contributed by atoms with Crippen molar-refractivity contribution >= 4 is 87.9 Å². The maximum Gasteiger partial charge on any atom is 0.597 e. The number of rotatable bonds is 0. The van der Waals surface area contributed by atoms with Crippen molar-refractivity contribution in [3.63, 3.8) is 0 Å². The third-order valence-corrected chi connectivity index (χ3v) is 3.33. The maximum atomic E-state index is 10.5. The standard InChI is InChI=1S/3B4O7.2Pm/c3*5-1-7-3-9-2(6)10-4(8-1)11-3;;/q3*-2;;. The molecule has 21 nitrogen and oxygen atoms in total. The molecule has 0 aromatic rings. The summed E-state index contributed by atoms with van der Waals surface area (Å²) in [5.41, 5.74) is 0. The zero-order valence-corrected chi connectivity index (χ0v) is 22.1. The average molecular weight is 756 g/mol. The minimum absolute atomic E-state index is 0. The fourth-order valence-corrected chi connectivity index (χ4v) is 2.13. The molecule has 6 rings (SSSR count). The quantitative estimate of drug-likeness (QED) is 0.208. The Hall–Kier alpha value is 2.61. The molecule has 0 aliphatic carbocycles. The van der Waals surface area contributed by atoms with Crippen LogP contribution in [0.4, 0.5) is 0 Å². The molecule has 6 heterocycles. The van der Waals surface area contributed by atoms with Gasteiger partial charge in [0.15, 0.2) is 0 Å². The van der Waals surface area contributed by atoms with Gasteiger partial charge in [-0.3, -0.25) is 0 Å². The Bertz CT molecular complexity index is 439. The molecule has 6 aliphatic heterocycles. The summed E-state index contributed by atoms with van der Waals surface area (Å²) in [6.07, 6.45) is 0. The first-order valence-electron chi connectivity index (χ1n) is 8.49. The smallest absolute Gasteiger partial charge is 0.597 e. The van der Waals surface area contributed by atoms with Crippen LogP contribution in [0.2, 0.25) is 0 Å². The molecule has 6 saturated heterocycles. The van der Waals surface area contributed by atoms with Gasteiger partial charge in [-0.2, -0.15) is 0 Å². The molecule has 6 bridgehead atoms. The van der Waals surface area contributed by atoms with E-state index in [-0.39, 0.29) is 80.8 Å². The Morgan fingerprint density at radius 1 is 0.229 bits per heavy atom. The first-order valence-corrected chi connectivity index (χ1v) is 8.49. The van der Waals surface area contributed by atoms with Crippen molar-refractivity contribution < 1.29 is 179 Å². The van der Waals surface area contributed by atoms with Crippen LogP contribution in [0.5, 0.6) is 0 Å². The molecule has 0 N–H and O–H groups in total. The molecule has 35 heteroatoms. The average Bonchev–Trinajstić information content (AvgIpc) is 2.65. The van der Waals surface area contributed by atoms with E-state index < -0.39 is 87.9 Å². The largest absolute Gasteiger partial charge is 0.833 e. The van der Waals surface area contributed by atoms with Gasteiger partial charge >= 0.3 is 87.9 Å². The van der Waals surface area contributed by atoms with Gasteiger partial charge in [-0.1, -0.05) is 0 Å². The normalized spacial score (nSPS) is 23.1. The van der Waals surface area contributed by atoms with E-state index in [9.17, 15) is 30.1 Å². The SMILES string of the molecule is [O-]B1OB2OB([O-])OB(O1)O2.[O-]B1OB2OB([O-])OB(O1)O2.[O-]B1OB2OB([O-])OB(O1)O2.[Pm].[Pm]. The second-order valence-electron chi connectivity index (χ2n) is 5.51. The molecule has 0 aromatic heterocycles. The van der Waals surface area contributed by atoms with Gasteiger partial charge < -0.3 is 98.7 Å². The van der Waals surface area contributed by atoms with Gasteiger partial charge in [0.25, 0.3) is 0 Å². The van der Waals surface area contributed by atoms with Crippen LogP contribution in [-0.2, 0) is 68.6 Å². The third-order valence-electron chi connectivity index (χ3n) is 3.33. The summed E-state index contributed by atoms with van der Waals surface area (Å²) in [6.45, 7) is 0. The molecule has 35 heavy (non-hydrogen) atoms. The van der Waals surface area contributed by atoms with Gasteiger partial charge in [0.1, 0.15) is 0 Å². The van der Waals surface area contributed by atoms with Crippen LogP contribution in [-0.4, -0.2) is 87.9 Å². The van der Waals surface area contributed by atoms with Crippen LogP contribution >= 0.6 is 0 Å². The van der Waals surface area contributed by atoms with E-state index in [2.05, 4.69) is 68.6 Å². The van der Waals surface area contributed by atoms with E-state index in [1.165, 1.54) is 0 Å². The van der Waals surface area contributed by atoms with Gasteiger partial charge in [-0.05, 0) is 0 Å². The third kappa shape index (κ3) is 11.2. The summed E-state index contributed by atoms with van der Waals surface area (Å²) in [7, 11) is -18.0. The van der Waals surface area contributed by atoms with E-state index in [1.54, 1.807) is 0 Å². The van der Waals surface area contributed by atoms with Crippen LogP contribution in [0.3, 0.4) is 0 Å². The number of hydrogen-bond donors (Lipinski definition) is 0. The molecule has 0 atom stereocenters. The second kappa shape index (κ2) is 16.2. The molecule has 0 spiro atoms. The molecule has 2 radical (unpaired) electrons. The van der Waals surface area contributed by atoms with Crippen LogP contribution in [0.15, 0.2) is 0 Å². The predicted molar refractivity (Wildman–Crippen MR) is 85.3 cm³/mol. The van der Waals surface area contributed by atoms with E-state index in [0.717, 1.165) is 0 Å². The van der Waals surface area contributed by atoms with Crippen molar-refractivity contribution in [3.05, 3.63) is 0 Å². The zero-order chi connectivity index (χ0) is 23.5. The van der Waals surface area contributed by atoms with Gasteiger partial charge in [-0.15, -0.1) is 0 Å². The summed E-state index contributed by atoms with van der Waals surface area (Å²) in [5, 5.41) is 62.9. The van der Waals surface area contributed by atoms with Gasteiger partial charge in [0.05, 0.1) is 0 Å². The van der Waals surface area contributed by atoms with Gasteiger partial charge in [-0.25, -0.2) is 0 Å². The first kappa shape index (κ1) is 33.8. The van der Waals surface area contributed by atoms with Crippen LogP contribution < -0.4 is 30.1 Å². The monoisotopic (exact) mass is 758 g/mol. The summed E-state index contributed by atoms with van der Waals surface area (Å²) in [4.78, 5) is 0. The van der Waals surface area contributed by atoms with Crippen molar-refractivity contribution in [2.24, 2.45) is 0 Å². The molecule has 0 unspecified atom stereocenters. The fourth-order valence-electron chi connectivity index (χ4n) is 2.13. The Morgan fingerprint density at radius 2 is 0.343 bits per heavy atom. The summed E-state index contributed by atoms with van der Waals surface area (Å²) in [6, 6.07) is 0. The summed E-state index contributed by atoms with van der Waals surface area (Å²) >= 11 is 0. The van der Waals surface area contributed by atoms with Crippen molar-refractivity contribution in [2.45, 2.75) is 0 Å². The number of hydrogen-bond acceptors (Lipinski definition) is 21. The predicted octanol–water partition coefficient (Wildman–Crippen LogP) is -12.7. The van der Waals surface area contributed by atoms with Crippen molar-refractivity contribution in [2.75, 3.05) is 0 Å². The summed E-state index contributed by atoms with van der Waals surface area (Å²) in [5.74, 6) is 0. The molecule has 0 saturated carbocycles.